The van der Waals surface area contributed by atoms with E-state index < -0.39 is 12.1 Å². The number of halogens is 3. The Morgan fingerprint density at radius 2 is 2.05 bits per heavy atom. The minimum absolute atomic E-state index is 0.170. The van der Waals surface area contributed by atoms with E-state index in [-0.39, 0.29) is 5.91 Å². The minimum atomic E-state index is -5.08. The molecule has 2 saturated heterocycles. The lowest BCUT2D eigenvalue weighted by Gasteiger charge is -2.22. The number of nitrogens with zero attached hydrogens (tertiary/aromatic N) is 1. The third kappa shape index (κ3) is 4.23. The highest BCUT2D eigenvalue weighted by molar-refractivity contribution is 5.95. The molecule has 0 radical (unpaired) electrons. The lowest BCUT2D eigenvalue weighted by atomic mass is 10.2. The van der Waals surface area contributed by atoms with Crippen LogP contribution in [0.15, 0.2) is 12.2 Å². The van der Waals surface area contributed by atoms with Gasteiger partial charge in [-0.25, -0.2) is 4.79 Å². The zero-order valence-corrected chi connectivity index (χ0v) is 10.2. The molecule has 1 amide bonds. The third-order valence-electron chi connectivity index (χ3n) is 2.94. The van der Waals surface area contributed by atoms with E-state index in [1.165, 1.54) is 0 Å². The maximum Gasteiger partial charge on any atom is 0.490 e. The minimum Gasteiger partial charge on any atom is -0.475 e. The molecule has 2 heterocycles. The Bertz CT molecular complexity index is 376. The second kappa shape index (κ2) is 6.05. The highest BCUT2D eigenvalue weighted by Crippen LogP contribution is 2.20. The van der Waals surface area contributed by atoms with Gasteiger partial charge in [0, 0.05) is 24.7 Å². The van der Waals surface area contributed by atoms with Crippen LogP contribution in [0.25, 0.3) is 0 Å². The summed E-state index contributed by atoms with van der Waals surface area (Å²) in [5.41, 5.74) is 0.780. The lowest BCUT2D eigenvalue weighted by molar-refractivity contribution is -0.192. The fourth-order valence-corrected chi connectivity index (χ4v) is 1.92. The molecule has 5 nitrogen and oxygen atoms in total. The van der Waals surface area contributed by atoms with Crippen LogP contribution in [0, 0.1) is 0 Å². The smallest absolute Gasteiger partial charge is 0.475 e. The van der Waals surface area contributed by atoms with Crippen LogP contribution in [0.2, 0.25) is 0 Å². The van der Waals surface area contributed by atoms with Gasteiger partial charge in [0.25, 0.3) is 0 Å². The molecule has 2 rings (SSSR count). The molecule has 1 atom stereocenters. The number of nitrogens with one attached hydrogen (secondary N) is 1. The van der Waals surface area contributed by atoms with Crippen molar-refractivity contribution in [3.8, 4) is 0 Å². The Labute approximate surface area is 108 Å². The lowest BCUT2D eigenvalue weighted by Crippen LogP contribution is -2.37. The SMILES string of the molecule is C=C1CCN([C@H]2CCNC2)C1=O.O=C(O)C(F)(F)F. The molecule has 0 aliphatic carbocycles. The second-order valence-corrected chi connectivity index (χ2v) is 4.30. The number of likely N-dealkylation sites (tertiary alicyclic amines) is 1. The number of amides is 1. The van der Waals surface area contributed by atoms with Crippen molar-refractivity contribution < 1.29 is 27.9 Å². The van der Waals surface area contributed by atoms with E-state index in [2.05, 4.69) is 11.9 Å². The van der Waals surface area contributed by atoms with E-state index in [4.69, 9.17) is 9.90 Å². The Morgan fingerprint density at radius 1 is 1.47 bits per heavy atom. The number of aliphatic carboxylic acids is 1. The van der Waals surface area contributed by atoms with Crippen LogP contribution in [-0.4, -0.2) is 53.7 Å². The molecule has 19 heavy (non-hydrogen) atoms. The molecule has 108 valence electrons. The van der Waals surface area contributed by atoms with Gasteiger partial charge in [-0.05, 0) is 19.4 Å². The topological polar surface area (TPSA) is 69.6 Å². The van der Waals surface area contributed by atoms with Crippen LogP contribution in [0.5, 0.6) is 0 Å². The number of carboxylic acids is 1. The summed E-state index contributed by atoms with van der Waals surface area (Å²) in [4.78, 5) is 22.3. The molecule has 0 saturated carbocycles. The first-order valence-electron chi connectivity index (χ1n) is 5.73. The first-order valence-corrected chi connectivity index (χ1v) is 5.73. The predicted octanol–water partition coefficient (Wildman–Crippen LogP) is 0.770. The van der Waals surface area contributed by atoms with Gasteiger partial charge in [-0.3, -0.25) is 4.79 Å². The van der Waals surface area contributed by atoms with Gasteiger partial charge in [0.2, 0.25) is 5.91 Å². The normalized spacial score (nSPS) is 23.3. The van der Waals surface area contributed by atoms with Gasteiger partial charge in [0.15, 0.2) is 0 Å². The first kappa shape index (κ1) is 15.5. The summed E-state index contributed by atoms with van der Waals surface area (Å²) in [6, 6.07) is 0.428. The summed E-state index contributed by atoms with van der Waals surface area (Å²) in [7, 11) is 0. The van der Waals surface area contributed by atoms with Crippen molar-refractivity contribution in [2.24, 2.45) is 0 Å². The Hall–Kier alpha value is -1.57. The molecule has 0 aromatic heterocycles. The fraction of sp³-hybridized carbons (Fsp3) is 0.636. The van der Waals surface area contributed by atoms with Crippen LogP contribution < -0.4 is 5.32 Å². The van der Waals surface area contributed by atoms with Crippen LogP contribution >= 0.6 is 0 Å². The maximum absolute atomic E-state index is 11.5. The van der Waals surface area contributed by atoms with Gasteiger partial charge >= 0.3 is 12.1 Å². The van der Waals surface area contributed by atoms with E-state index in [9.17, 15) is 18.0 Å². The van der Waals surface area contributed by atoms with E-state index in [0.29, 0.717) is 6.04 Å². The Kier molecular flexibility index (Phi) is 4.93. The van der Waals surface area contributed by atoms with Crippen molar-refractivity contribution in [3.63, 3.8) is 0 Å². The fourth-order valence-electron chi connectivity index (χ4n) is 1.92. The molecule has 0 bridgehead atoms. The van der Waals surface area contributed by atoms with Crippen LogP contribution in [-0.2, 0) is 9.59 Å². The number of carbonyl (C=O) groups excluding carboxylic acids is 1. The second-order valence-electron chi connectivity index (χ2n) is 4.30. The maximum atomic E-state index is 11.5. The average Bonchev–Trinajstić information content (AvgIpc) is 2.90. The largest absolute Gasteiger partial charge is 0.490 e. The highest BCUT2D eigenvalue weighted by atomic mass is 19.4. The number of hydrogen-bond acceptors (Lipinski definition) is 3. The van der Waals surface area contributed by atoms with Crippen LogP contribution in [0.3, 0.4) is 0 Å². The van der Waals surface area contributed by atoms with Crippen molar-refractivity contribution >= 4 is 11.9 Å². The zero-order valence-electron chi connectivity index (χ0n) is 10.2. The molecule has 8 heteroatoms. The summed E-state index contributed by atoms with van der Waals surface area (Å²) in [5, 5.41) is 10.4. The van der Waals surface area contributed by atoms with E-state index >= 15 is 0 Å². The van der Waals surface area contributed by atoms with Gasteiger partial charge in [0.05, 0.1) is 0 Å². The third-order valence-corrected chi connectivity index (χ3v) is 2.94. The zero-order chi connectivity index (χ0) is 14.6. The standard InChI is InChI=1S/C9H14N2O.C2HF3O2/c1-7-3-5-11(9(7)12)8-2-4-10-6-8;3-2(4,5)1(6)7/h8,10H,1-6H2;(H,6,7)/t8-;/m0./s1. The number of hydrogen-bond donors (Lipinski definition) is 2. The quantitative estimate of drug-likeness (QED) is 0.696. The van der Waals surface area contributed by atoms with Gasteiger partial charge in [-0.15, -0.1) is 0 Å². The molecule has 0 unspecified atom stereocenters. The van der Waals surface area contributed by atoms with Crippen LogP contribution in [0.1, 0.15) is 12.8 Å². The number of alkyl halides is 3. The molecule has 0 aromatic carbocycles. The highest BCUT2D eigenvalue weighted by Gasteiger charge is 2.38. The molecule has 2 aliphatic heterocycles. The monoisotopic (exact) mass is 280 g/mol. The molecule has 2 aliphatic rings. The first-order chi connectivity index (χ1) is 8.73. The number of carbonyl (C=O) groups is 2. The molecule has 2 N–H and O–H groups in total. The van der Waals surface area contributed by atoms with Crippen molar-refractivity contribution in [2.45, 2.75) is 25.1 Å². The van der Waals surface area contributed by atoms with Crippen molar-refractivity contribution in [3.05, 3.63) is 12.2 Å². The Morgan fingerprint density at radius 3 is 2.37 bits per heavy atom. The van der Waals surface area contributed by atoms with E-state index in [1.807, 2.05) is 4.90 Å². The molecule has 2 fully saturated rings. The van der Waals surface area contributed by atoms with Gasteiger partial charge in [0.1, 0.15) is 0 Å². The molecular formula is C11H15F3N2O3. The molecule has 0 spiro atoms. The van der Waals surface area contributed by atoms with Crippen molar-refractivity contribution in [1.29, 1.82) is 0 Å². The van der Waals surface area contributed by atoms with Crippen molar-refractivity contribution in [2.75, 3.05) is 19.6 Å². The predicted molar refractivity (Wildman–Crippen MR) is 60.4 cm³/mol. The average molecular weight is 280 g/mol. The van der Waals surface area contributed by atoms with Gasteiger partial charge in [-0.2, -0.15) is 13.2 Å². The summed E-state index contributed by atoms with van der Waals surface area (Å²) < 4.78 is 31.7. The summed E-state index contributed by atoms with van der Waals surface area (Å²) in [6.07, 6.45) is -3.13. The number of carboxylic acid groups (broad SMARTS) is 1. The summed E-state index contributed by atoms with van der Waals surface area (Å²) >= 11 is 0. The summed E-state index contributed by atoms with van der Waals surface area (Å²) in [5.74, 6) is -2.59. The van der Waals surface area contributed by atoms with Gasteiger partial charge in [-0.1, -0.05) is 6.58 Å². The van der Waals surface area contributed by atoms with E-state index in [1.54, 1.807) is 0 Å². The van der Waals surface area contributed by atoms with Crippen molar-refractivity contribution in [1.82, 2.24) is 10.2 Å². The van der Waals surface area contributed by atoms with Gasteiger partial charge < -0.3 is 15.3 Å². The van der Waals surface area contributed by atoms with Crippen LogP contribution in [0.4, 0.5) is 13.2 Å². The number of rotatable bonds is 1. The Balaban J connectivity index is 0.000000224. The van der Waals surface area contributed by atoms with E-state index in [0.717, 1.165) is 38.0 Å². The molecule has 0 aromatic rings. The summed E-state index contributed by atoms with van der Waals surface area (Å²) in [6.45, 7) is 6.62. The molecular weight excluding hydrogens is 265 g/mol.